The molecule has 1 fully saturated rings. The Morgan fingerprint density at radius 1 is 1.67 bits per heavy atom. The van der Waals surface area contributed by atoms with Gasteiger partial charge in [-0.25, -0.2) is 0 Å². The monoisotopic (exact) mass is 173 g/mol. The molecule has 0 aromatic rings. The number of rotatable bonds is 2. The molecule has 2 atom stereocenters. The molecular weight excluding hydrogens is 154 g/mol. The molecule has 0 bridgehead atoms. The average Bonchev–Trinajstić information content (AvgIpc) is 2.27. The van der Waals surface area contributed by atoms with E-state index < -0.39 is 0 Å². The fourth-order valence-electron chi connectivity index (χ4n) is 1.54. The summed E-state index contributed by atoms with van der Waals surface area (Å²) in [7, 11) is 2.00. The van der Waals surface area contributed by atoms with Gasteiger partial charge in [-0.15, -0.1) is 0 Å². The summed E-state index contributed by atoms with van der Waals surface area (Å²) in [5, 5.41) is 9.64. The molecule has 0 spiro atoms. The molecule has 1 saturated heterocycles. The Hall–Kier alpha value is -0.120. The lowest BCUT2D eigenvalue weighted by molar-refractivity contribution is -0.0462. The van der Waals surface area contributed by atoms with Crippen molar-refractivity contribution in [1.82, 2.24) is 4.90 Å². The maximum atomic E-state index is 9.64. The zero-order chi connectivity index (χ0) is 9.35. The summed E-state index contributed by atoms with van der Waals surface area (Å²) in [5.74, 6) is 0. The summed E-state index contributed by atoms with van der Waals surface area (Å²) in [4.78, 5) is 2.10. The van der Waals surface area contributed by atoms with Crippen LogP contribution in [0.5, 0.6) is 0 Å². The smallest absolute Gasteiger partial charge is 0.116 e. The van der Waals surface area contributed by atoms with Crippen LogP contribution in [0.4, 0.5) is 0 Å². The largest absolute Gasteiger partial charge is 0.391 e. The molecule has 0 aromatic heterocycles. The van der Waals surface area contributed by atoms with Crippen LogP contribution in [0.2, 0.25) is 0 Å². The third-order valence-electron chi connectivity index (χ3n) is 2.82. The maximum Gasteiger partial charge on any atom is 0.116 e. The minimum Gasteiger partial charge on any atom is -0.391 e. The number of likely N-dealkylation sites (N-methyl/N-ethyl adjacent to an activating group) is 1. The summed E-state index contributed by atoms with van der Waals surface area (Å²) in [6, 6.07) is 0.157. The topological polar surface area (TPSA) is 32.7 Å². The van der Waals surface area contributed by atoms with E-state index in [4.69, 9.17) is 4.74 Å². The first-order valence-electron chi connectivity index (χ1n) is 4.54. The van der Waals surface area contributed by atoms with E-state index in [-0.39, 0.29) is 17.9 Å². The molecule has 0 radical (unpaired) electrons. The zero-order valence-corrected chi connectivity index (χ0v) is 8.37. The van der Waals surface area contributed by atoms with Crippen molar-refractivity contribution in [2.45, 2.75) is 45.1 Å². The fourth-order valence-corrected chi connectivity index (χ4v) is 1.54. The number of ether oxygens (including phenoxy) is 1. The van der Waals surface area contributed by atoms with Crippen molar-refractivity contribution in [3.8, 4) is 0 Å². The predicted molar refractivity (Wildman–Crippen MR) is 47.9 cm³/mol. The van der Waals surface area contributed by atoms with Crippen LogP contribution in [0.25, 0.3) is 0 Å². The molecule has 1 heterocycles. The van der Waals surface area contributed by atoms with Crippen LogP contribution in [-0.2, 0) is 4.74 Å². The minimum absolute atomic E-state index is 0.157. The molecule has 1 N–H and O–H groups in total. The van der Waals surface area contributed by atoms with Crippen LogP contribution in [0.1, 0.15) is 27.2 Å². The van der Waals surface area contributed by atoms with Crippen LogP contribution in [-0.4, -0.2) is 41.5 Å². The summed E-state index contributed by atoms with van der Waals surface area (Å²) >= 11 is 0. The second-order valence-electron chi connectivity index (χ2n) is 3.91. The molecule has 1 aliphatic heterocycles. The highest BCUT2D eigenvalue weighted by molar-refractivity contribution is 4.87. The molecule has 3 nitrogen and oxygen atoms in total. The molecule has 1 aliphatic rings. The standard InChI is InChI=1S/C9H19NO2/c1-5-8(11)7-6-12-9(2,3)10(7)4/h7-8,11H,5-6H2,1-4H3. The highest BCUT2D eigenvalue weighted by Crippen LogP contribution is 2.27. The Balaban J connectivity index is 2.61. The van der Waals surface area contributed by atoms with E-state index in [1.807, 2.05) is 27.8 Å². The van der Waals surface area contributed by atoms with E-state index in [1.54, 1.807) is 0 Å². The van der Waals surface area contributed by atoms with Crippen molar-refractivity contribution < 1.29 is 9.84 Å². The van der Waals surface area contributed by atoms with Gasteiger partial charge in [0.2, 0.25) is 0 Å². The Morgan fingerprint density at radius 2 is 2.25 bits per heavy atom. The average molecular weight is 173 g/mol. The molecule has 2 unspecified atom stereocenters. The van der Waals surface area contributed by atoms with Crippen molar-refractivity contribution in [2.24, 2.45) is 0 Å². The first kappa shape index (κ1) is 9.96. The van der Waals surface area contributed by atoms with Crippen LogP contribution in [0.3, 0.4) is 0 Å². The molecule has 12 heavy (non-hydrogen) atoms. The third kappa shape index (κ3) is 1.63. The zero-order valence-electron chi connectivity index (χ0n) is 8.37. The first-order chi connectivity index (χ1) is 5.49. The molecule has 1 rings (SSSR count). The summed E-state index contributed by atoms with van der Waals surface area (Å²) in [6.07, 6.45) is 0.519. The third-order valence-corrected chi connectivity index (χ3v) is 2.82. The van der Waals surface area contributed by atoms with E-state index in [0.29, 0.717) is 6.61 Å². The van der Waals surface area contributed by atoms with E-state index in [2.05, 4.69) is 4.90 Å². The fraction of sp³-hybridized carbons (Fsp3) is 1.00. The van der Waals surface area contributed by atoms with Gasteiger partial charge in [-0.2, -0.15) is 0 Å². The quantitative estimate of drug-likeness (QED) is 0.671. The number of aliphatic hydroxyl groups excluding tert-OH is 1. The molecule has 3 heteroatoms. The Labute approximate surface area is 74.3 Å². The summed E-state index contributed by atoms with van der Waals surface area (Å²) in [5.41, 5.74) is -0.221. The maximum absolute atomic E-state index is 9.64. The predicted octanol–water partition coefficient (Wildman–Crippen LogP) is 0.824. The van der Waals surface area contributed by atoms with Crippen LogP contribution >= 0.6 is 0 Å². The van der Waals surface area contributed by atoms with E-state index in [9.17, 15) is 5.11 Å². The van der Waals surface area contributed by atoms with E-state index in [0.717, 1.165) is 6.42 Å². The Bertz CT molecular complexity index is 159. The van der Waals surface area contributed by atoms with Crippen molar-refractivity contribution in [1.29, 1.82) is 0 Å². The van der Waals surface area contributed by atoms with Gasteiger partial charge in [0.05, 0.1) is 18.8 Å². The van der Waals surface area contributed by atoms with Gasteiger partial charge in [-0.05, 0) is 27.3 Å². The molecule has 0 aromatic carbocycles. The van der Waals surface area contributed by atoms with Crippen molar-refractivity contribution in [3.63, 3.8) is 0 Å². The number of aliphatic hydroxyl groups is 1. The van der Waals surface area contributed by atoms with Crippen LogP contribution in [0, 0.1) is 0 Å². The molecule has 0 saturated carbocycles. The minimum atomic E-state index is -0.267. The van der Waals surface area contributed by atoms with Gasteiger partial charge in [-0.3, -0.25) is 4.90 Å². The molecule has 0 amide bonds. The highest BCUT2D eigenvalue weighted by atomic mass is 16.5. The number of hydrogen-bond donors (Lipinski definition) is 1. The van der Waals surface area contributed by atoms with Crippen molar-refractivity contribution in [2.75, 3.05) is 13.7 Å². The van der Waals surface area contributed by atoms with Crippen LogP contribution in [0.15, 0.2) is 0 Å². The number of nitrogens with zero attached hydrogens (tertiary/aromatic N) is 1. The lowest BCUT2D eigenvalue weighted by atomic mass is 10.1. The first-order valence-corrected chi connectivity index (χ1v) is 4.54. The Kier molecular flexibility index (Phi) is 2.76. The van der Waals surface area contributed by atoms with E-state index >= 15 is 0 Å². The lowest BCUT2D eigenvalue weighted by Gasteiger charge is -2.31. The Morgan fingerprint density at radius 3 is 2.58 bits per heavy atom. The van der Waals surface area contributed by atoms with Crippen molar-refractivity contribution in [3.05, 3.63) is 0 Å². The molecule has 72 valence electrons. The van der Waals surface area contributed by atoms with Crippen molar-refractivity contribution >= 4 is 0 Å². The highest BCUT2D eigenvalue weighted by Gasteiger charge is 2.40. The normalized spacial score (nSPS) is 32.2. The summed E-state index contributed by atoms with van der Waals surface area (Å²) in [6.45, 7) is 6.67. The van der Waals surface area contributed by atoms with Gasteiger partial charge in [0.25, 0.3) is 0 Å². The van der Waals surface area contributed by atoms with Gasteiger partial charge in [0.15, 0.2) is 0 Å². The lowest BCUT2D eigenvalue weighted by Crippen LogP contribution is -2.45. The second-order valence-corrected chi connectivity index (χ2v) is 3.91. The van der Waals surface area contributed by atoms with Gasteiger partial charge < -0.3 is 9.84 Å². The van der Waals surface area contributed by atoms with Gasteiger partial charge in [-0.1, -0.05) is 6.92 Å². The summed E-state index contributed by atoms with van der Waals surface area (Å²) < 4.78 is 5.55. The van der Waals surface area contributed by atoms with Gasteiger partial charge in [0.1, 0.15) is 5.72 Å². The molecular formula is C9H19NO2. The number of hydrogen-bond acceptors (Lipinski definition) is 3. The van der Waals surface area contributed by atoms with Gasteiger partial charge >= 0.3 is 0 Å². The second kappa shape index (κ2) is 3.32. The SMILES string of the molecule is CCC(O)C1COC(C)(C)N1C. The van der Waals surface area contributed by atoms with Gasteiger partial charge in [0, 0.05) is 0 Å². The van der Waals surface area contributed by atoms with Crippen LogP contribution < -0.4 is 0 Å². The molecule has 0 aliphatic carbocycles. The van der Waals surface area contributed by atoms with E-state index in [1.165, 1.54) is 0 Å².